The molecule has 6 nitrogen and oxygen atoms in total. The first-order chi connectivity index (χ1) is 15.8. The Labute approximate surface area is 189 Å². The van der Waals surface area contributed by atoms with Crippen LogP contribution >= 0.6 is 0 Å². The first-order valence-electron chi connectivity index (χ1n) is 10.5. The number of rotatable bonds is 3. The van der Waals surface area contributed by atoms with Crippen LogP contribution < -0.4 is 4.90 Å². The molecule has 1 amide bonds. The number of carbonyl (C=O) groups excluding carboxylic acids is 1. The molecule has 1 fully saturated rings. The van der Waals surface area contributed by atoms with Gasteiger partial charge in [-0.3, -0.25) is 4.79 Å². The maximum absolute atomic E-state index is 13.2. The van der Waals surface area contributed by atoms with Crippen LogP contribution in [0.15, 0.2) is 54.7 Å². The van der Waals surface area contributed by atoms with Crippen LogP contribution in [-0.2, 0) is 6.18 Å². The summed E-state index contributed by atoms with van der Waals surface area (Å²) in [7, 11) is 0. The van der Waals surface area contributed by atoms with E-state index in [9.17, 15) is 18.0 Å². The molecule has 0 aliphatic carbocycles. The molecule has 170 valence electrons. The third-order valence-corrected chi connectivity index (χ3v) is 5.80. The van der Waals surface area contributed by atoms with Crippen LogP contribution in [0.3, 0.4) is 0 Å². The van der Waals surface area contributed by atoms with E-state index in [0.717, 1.165) is 30.8 Å². The molecule has 0 unspecified atom stereocenters. The molecule has 1 aliphatic heterocycles. The van der Waals surface area contributed by atoms with Gasteiger partial charge in [0.25, 0.3) is 5.91 Å². The number of halogens is 3. The van der Waals surface area contributed by atoms with E-state index in [1.165, 1.54) is 23.0 Å². The summed E-state index contributed by atoms with van der Waals surface area (Å²) in [6.07, 6.45) is -2.27. The minimum atomic E-state index is -4.46. The Hall–Kier alpha value is -3.80. The fraction of sp³-hybridized carbons (Fsp3) is 0.292. The Morgan fingerprint density at radius 1 is 1.03 bits per heavy atom. The number of anilines is 1. The highest BCUT2D eigenvalue weighted by Crippen LogP contribution is 2.30. The van der Waals surface area contributed by atoms with Crippen LogP contribution in [0.1, 0.15) is 33.6 Å². The third kappa shape index (κ3) is 4.70. The molecular formula is C24H22F3N5O. The molecule has 2 heterocycles. The molecule has 1 aliphatic rings. The minimum Gasteiger partial charge on any atom is -0.370 e. The van der Waals surface area contributed by atoms with Gasteiger partial charge in [0.1, 0.15) is 0 Å². The lowest BCUT2D eigenvalue weighted by molar-refractivity contribution is -0.137. The van der Waals surface area contributed by atoms with Crippen molar-refractivity contribution in [3.8, 4) is 11.8 Å². The van der Waals surface area contributed by atoms with Gasteiger partial charge in [-0.15, -0.1) is 0 Å². The van der Waals surface area contributed by atoms with Crippen molar-refractivity contribution in [2.75, 3.05) is 31.1 Å². The average molecular weight is 453 g/mol. The molecule has 0 spiro atoms. The van der Waals surface area contributed by atoms with Crippen molar-refractivity contribution in [1.29, 1.82) is 5.26 Å². The van der Waals surface area contributed by atoms with Gasteiger partial charge in [-0.1, -0.05) is 6.07 Å². The Balaban J connectivity index is 1.50. The van der Waals surface area contributed by atoms with E-state index in [0.29, 0.717) is 36.5 Å². The molecule has 0 atom stereocenters. The third-order valence-electron chi connectivity index (χ3n) is 5.80. The number of nitrogens with zero attached hydrogens (tertiary/aromatic N) is 5. The van der Waals surface area contributed by atoms with Gasteiger partial charge in [-0.25, -0.2) is 4.68 Å². The number of hydrogen-bond donors (Lipinski definition) is 0. The van der Waals surface area contributed by atoms with Crippen LogP contribution in [0.5, 0.6) is 0 Å². The molecule has 9 heteroatoms. The number of benzene rings is 2. The summed E-state index contributed by atoms with van der Waals surface area (Å²) >= 11 is 0. The van der Waals surface area contributed by atoms with Crippen molar-refractivity contribution in [2.24, 2.45) is 0 Å². The van der Waals surface area contributed by atoms with Crippen LogP contribution in [0.2, 0.25) is 0 Å². The topological polar surface area (TPSA) is 65.2 Å². The fourth-order valence-corrected chi connectivity index (χ4v) is 3.99. The number of alkyl halides is 3. The van der Waals surface area contributed by atoms with Crippen LogP contribution in [0, 0.1) is 18.3 Å². The van der Waals surface area contributed by atoms with Gasteiger partial charge < -0.3 is 9.80 Å². The fourth-order valence-electron chi connectivity index (χ4n) is 3.99. The van der Waals surface area contributed by atoms with Crippen molar-refractivity contribution in [1.82, 2.24) is 14.7 Å². The highest BCUT2D eigenvalue weighted by molar-refractivity contribution is 5.95. The Bertz CT molecular complexity index is 1190. The summed E-state index contributed by atoms with van der Waals surface area (Å²) in [4.78, 5) is 17.1. The van der Waals surface area contributed by atoms with Gasteiger partial charge in [-0.2, -0.15) is 23.5 Å². The molecule has 2 aromatic carbocycles. The van der Waals surface area contributed by atoms with Crippen molar-refractivity contribution >= 4 is 11.6 Å². The van der Waals surface area contributed by atoms with E-state index >= 15 is 0 Å². The largest absolute Gasteiger partial charge is 0.416 e. The summed E-state index contributed by atoms with van der Waals surface area (Å²) in [6, 6.07) is 14.3. The summed E-state index contributed by atoms with van der Waals surface area (Å²) in [5, 5.41) is 13.2. The molecule has 1 aromatic heterocycles. The number of carbonyl (C=O) groups is 1. The SMILES string of the molecule is Cc1c(C(=O)N2CCCN(c3ccc(C#N)cc3)CC2)cnn1-c1cccc(C(F)(F)F)c1. The van der Waals surface area contributed by atoms with Crippen LogP contribution in [0.25, 0.3) is 5.69 Å². The Kier molecular flexibility index (Phi) is 6.09. The van der Waals surface area contributed by atoms with E-state index in [1.54, 1.807) is 24.0 Å². The smallest absolute Gasteiger partial charge is 0.370 e. The van der Waals surface area contributed by atoms with Gasteiger partial charge in [0.05, 0.1) is 40.3 Å². The second-order valence-electron chi connectivity index (χ2n) is 7.90. The predicted octanol–water partition coefficient (Wildman–Crippen LogP) is 4.42. The van der Waals surface area contributed by atoms with E-state index in [2.05, 4.69) is 16.1 Å². The maximum atomic E-state index is 13.2. The lowest BCUT2D eigenvalue weighted by atomic mass is 10.2. The highest BCUT2D eigenvalue weighted by atomic mass is 19.4. The highest BCUT2D eigenvalue weighted by Gasteiger charge is 2.31. The van der Waals surface area contributed by atoms with Crippen molar-refractivity contribution in [3.63, 3.8) is 0 Å². The summed E-state index contributed by atoms with van der Waals surface area (Å²) < 4.78 is 40.6. The summed E-state index contributed by atoms with van der Waals surface area (Å²) in [5.41, 5.74) is 1.95. The minimum absolute atomic E-state index is 0.188. The van der Waals surface area contributed by atoms with E-state index < -0.39 is 11.7 Å². The monoisotopic (exact) mass is 453 g/mol. The average Bonchev–Trinajstić information content (AvgIpc) is 3.03. The number of nitriles is 1. The first kappa shape index (κ1) is 22.4. The maximum Gasteiger partial charge on any atom is 0.416 e. The van der Waals surface area contributed by atoms with Crippen molar-refractivity contribution < 1.29 is 18.0 Å². The quantitative estimate of drug-likeness (QED) is 0.589. The Morgan fingerprint density at radius 2 is 1.79 bits per heavy atom. The van der Waals surface area contributed by atoms with Gasteiger partial charge >= 0.3 is 6.18 Å². The molecule has 0 radical (unpaired) electrons. The zero-order valence-corrected chi connectivity index (χ0v) is 18.0. The van der Waals surface area contributed by atoms with Gasteiger partial charge in [0, 0.05) is 31.9 Å². The van der Waals surface area contributed by atoms with Crippen molar-refractivity contribution in [2.45, 2.75) is 19.5 Å². The van der Waals surface area contributed by atoms with Gasteiger partial charge in [-0.05, 0) is 55.8 Å². The van der Waals surface area contributed by atoms with Crippen LogP contribution in [-0.4, -0.2) is 46.8 Å². The number of amides is 1. The molecule has 0 saturated carbocycles. The zero-order chi connectivity index (χ0) is 23.6. The summed E-state index contributed by atoms with van der Waals surface area (Å²) in [6.45, 7) is 4.17. The zero-order valence-electron chi connectivity index (χ0n) is 18.0. The number of hydrogen-bond acceptors (Lipinski definition) is 4. The normalized spacial score (nSPS) is 14.6. The second-order valence-corrected chi connectivity index (χ2v) is 7.90. The van der Waals surface area contributed by atoms with E-state index in [1.807, 2.05) is 12.1 Å². The molecular weight excluding hydrogens is 431 g/mol. The van der Waals surface area contributed by atoms with E-state index in [-0.39, 0.29) is 11.6 Å². The lowest BCUT2D eigenvalue weighted by Gasteiger charge is -2.23. The number of aromatic nitrogens is 2. The van der Waals surface area contributed by atoms with Crippen LogP contribution in [0.4, 0.5) is 18.9 Å². The first-order valence-corrected chi connectivity index (χ1v) is 10.5. The molecule has 0 bridgehead atoms. The lowest BCUT2D eigenvalue weighted by Crippen LogP contribution is -2.35. The summed E-state index contributed by atoms with van der Waals surface area (Å²) in [5.74, 6) is -0.188. The predicted molar refractivity (Wildman–Crippen MR) is 117 cm³/mol. The molecule has 3 aromatic rings. The van der Waals surface area contributed by atoms with E-state index in [4.69, 9.17) is 5.26 Å². The molecule has 33 heavy (non-hydrogen) atoms. The molecule has 4 rings (SSSR count). The standard InChI is InChI=1S/C24H22F3N5O/c1-17-22(16-29-32(17)21-5-2-4-19(14-21)24(25,26)27)23(33)31-11-3-10-30(12-13-31)20-8-6-18(15-28)7-9-20/h2,4-9,14,16H,3,10-13H2,1H3. The molecule has 1 saturated heterocycles. The molecule has 0 N–H and O–H groups in total. The van der Waals surface area contributed by atoms with Gasteiger partial charge in [0.15, 0.2) is 0 Å². The second kappa shape index (κ2) is 8.98. The Morgan fingerprint density at radius 3 is 2.48 bits per heavy atom. The van der Waals surface area contributed by atoms with Gasteiger partial charge in [0.2, 0.25) is 0 Å². The van der Waals surface area contributed by atoms with Crippen molar-refractivity contribution in [3.05, 3.63) is 77.1 Å².